The van der Waals surface area contributed by atoms with Gasteiger partial charge in [0.05, 0.1) is 5.56 Å². The summed E-state index contributed by atoms with van der Waals surface area (Å²) in [4.78, 5) is 17.5. The average Bonchev–Trinajstić information content (AvgIpc) is 3.40. The Labute approximate surface area is 174 Å². The van der Waals surface area contributed by atoms with Crippen molar-refractivity contribution in [2.24, 2.45) is 0 Å². The highest BCUT2D eigenvalue weighted by Gasteiger charge is 2.30. The Bertz CT molecular complexity index is 940. The van der Waals surface area contributed by atoms with Crippen LogP contribution in [0.4, 0.5) is 0 Å². The van der Waals surface area contributed by atoms with E-state index in [1.54, 1.807) is 0 Å². The van der Waals surface area contributed by atoms with Gasteiger partial charge in [0.25, 0.3) is 5.56 Å². The van der Waals surface area contributed by atoms with Gasteiger partial charge in [-0.25, -0.2) is 0 Å². The summed E-state index contributed by atoms with van der Waals surface area (Å²) in [7, 11) is 2.15. The van der Waals surface area contributed by atoms with Crippen molar-refractivity contribution in [3.63, 3.8) is 0 Å². The summed E-state index contributed by atoms with van der Waals surface area (Å²) >= 11 is 3.76. The van der Waals surface area contributed by atoms with Gasteiger partial charge in [-0.05, 0) is 87.1 Å². The van der Waals surface area contributed by atoms with Crippen molar-refractivity contribution >= 4 is 22.7 Å². The Morgan fingerprint density at radius 2 is 1.89 bits per heavy atom. The Morgan fingerprint density at radius 1 is 1.21 bits per heavy atom. The van der Waals surface area contributed by atoms with Crippen LogP contribution < -0.4 is 5.56 Å². The summed E-state index contributed by atoms with van der Waals surface area (Å²) in [6, 6.07) is 4.64. The maximum atomic E-state index is 12.2. The van der Waals surface area contributed by atoms with Crippen LogP contribution in [0.5, 0.6) is 0 Å². The summed E-state index contributed by atoms with van der Waals surface area (Å²) < 4.78 is 5.37. The number of aromatic nitrogens is 1. The number of rotatable bonds is 7. The highest BCUT2D eigenvalue weighted by atomic mass is 32.1. The van der Waals surface area contributed by atoms with Crippen LogP contribution in [0, 0.1) is 13.8 Å². The van der Waals surface area contributed by atoms with E-state index in [1.807, 2.05) is 22.7 Å². The monoisotopic (exact) mass is 416 g/mol. The molecule has 3 aromatic heterocycles. The molecule has 28 heavy (non-hydrogen) atoms. The second-order valence-electron chi connectivity index (χ2n) is 7.89. The van der Waals surface area contributed by atoms with Gasteiger partial charge in [-0.1, -0.05) is 0 Å². The molecule has 0 amide bonds. The molecule has 3 aromatic rings. The van der Waals surface area contributed by atoms with Crippen molar-refractivity contribution in [2.45, 2.75) is 57.9 Å². The fourth-order valence-electron chi connectivity index (χ4n) is 4.47. The number of H-pyrrole nitrogens is 1. The third kappa shape index (κ3) is 3.78. The summed E-state index contributed by atoms with van der Waals surface area (Å²) in [5.41, 5.74) is 3.61. The first-order chi connectivity index (χ1) is 13.6. The lowest BCUT2D eigenvalue weighted by atomic mass is 9.91. The first-order valence-corrected chi connectivity index (χ1v) is 11.8. The molecule has 1 aliphatic rings. The second-order valence-corrected chi connectivity index (χ2v) is 9.78. The standard InChI is InChI=1S/C22H28N2O2S2/c1-14-9-12-27-20(14)16(21-15(2)10-13-28-21)6-5-11-24(3)17-7-4-8-18-19(17)22(25)23-26-18/h9-10,12-13,16-17H,4-8,11H2,1-3H3,(H,23,25)/t17-/m1/s1. The third-order valence-corrected chi connectivity index (χ3v) is 8.26. The van der Waals surface area contributed by atoms with Crippen LogP contribution >= 0.6 is 22.7 Å². The van der Waals surface area contributed by atoms with Crippen molar-refractivity contribution < 1.29 is 4.52 Å². The number of fused-ring (bicyclic) bond motifs is 1. The molecule has 0 aliphatic heterocycles. The summed E-state index contributed by atoms with van der Waals surface area (Å²) in [5, 5.41) is 6.95. The van der Waals surface area contributed by atoms with Crippen LogP contribution in [0.25, 0.3) is 0 Å². The lowest BCUT2D eigenvalue weighted by Crippen LogP contribution is -2.31. The molecule has 0 unspecified atom stereocenters. The molecule has 4 rings (SSSR count). The lowest BCUT2D eigenvalue weighted by molar-refractivity contribution is 0.209. The maximum Gasteiger partial charge on any atom is 0.284 e. The first-order valence-electron chi connectivity index (χ1n) is 10.0. The van der Waals surface area contributed by atoms with Crippen LogP contribution in [-0.4, -0.2) is 23.6 Å². The molecule has 1 aliphatic carbocycles. The van der Waals surface area contributed by atoms with Crippen molar-refractivity contribution in [2.75, 3.05) is 13.6 Å². The molecule has 4 nitrogen and oxygen atoms in total. The Hall–Kier alpha value is -1.63. The van der Waals surface area contributed by atoms with Crippen molar-refractivity contribution in [3.05, 3.63) is 65.5 Å². The van der Waals surface area contributed by atoms with Crippen LogP contribution in [-0.2, 0) is 6.42 Å². The van der Waals surface area contributed by atoms with Crippen molar-refractivity contribution in [1.82, 2.24) is 10.1 Å². The zero-order valence-electron chi connectivity index (χ0n) is 16.8. The van der Waals surface area contributed by atoms with Gasteiger partial charge in [0.2, 0.25) is 0 Å². The number of nitrogens with one attached hydrogen (secondary N) is 1. The smallest absolute Gasteiger partial charge is 0.284 e. The molecule has 1 N–H and O–H groups in total. The second kappa shape index (κ2) is 8.39. The van der Waals surface area contributed by atoms with Crippen LogP contribution in [0.3, 0.4) is 0 Å². The van der Waals surface area contributed by atoms with Crippen LogP contribution in [0.2, 0.25) is 0 Å². The van der Waals surface area contributed by atoms with Gasteiger partial charge in [-0.15, -0.1) is 22.7 Å². The van der Waals surface area contributed by atoms with E-state index < -0.39 is 0 Å². The number of nitrogens with zero attached hydrogens (tertiary/aromatic N) is 1. The predicted octanol–water partition coefficient (Wildman–Crippen LogP) is 5.63. The molecule has 6 heteroatoms. The van der Waals surface area contributed by atoms with Gasteiger partial charge in [0.15, 0.2) is 0 Å². The average molecular weight is 417 g/mol. The molecular formula is C22H28N2O2S2. The molecule has 0 saturated carbocycles. The summed E-state index contributed by atoms with van der Waals surface area (Å²) in [6.07, 6.45) is 5.22. The van der Waals surface area contributed by atoms with Gasteiger partial charge in [0.1, 0.15) is 5.76 Å². The number of aromatic amines is 1. The molecule has 3 heterocycles. The Kier molecular flexibility index (Phi) is 5.90. The van der Waals surface area contributed by atoms with E-state index in [-0.39, 0.29) is 11.6 Å². The van der Waals surface area contributed by atoms with E-state index in [1.165, 1.54) is 20.9 Å². The predicted molar refractivity (Wildman–Crippen MR) is 117 cm³/mol. The Balaban J connectivity index is 1.46. The van der Waals surface area contributed by atoms with Gasteiger partial charge in [-0.3, -0.25) is 9.69 Å². The lowest BCUT2D eigenvalue weighted by Gasteiger charge is -2.30. The molecule has 1 atom stereocenters. The minimum atomic E-state index is -0.0483. The minimum absolute atomic E-state index is 0.0483. The van der Waals surface area contributed by atoms with Crippen molar-refractivity contribution in [3.8, 4) is 0 Å². The topological polar surface area (TPSA) is 49.2 Å². The SMILES string of the molecule is Cc1ccsc1C(CCCN(C)[C@@H]1CCCc2o[nH]c(=O)c21)c1sccc1C. The number of thiophene rings is 2. The number of hydrogen-bond donors (Lipinski definition) is 1. The maximum absolute atomic E-state index is 12.2. The molecule has 150 valence electrons. The van der Waals surface area contributed by atoms with Crippen LogP contribution in [0.1, 0.15) is 69.8 Å². The molecule has 0 saturated heterocycles. The summed E-state index contributed by atoms with van der Waals surface area (Å²) in [6.45, 7) is 5.44. The van der Waals surface area contributed by atoms with E-state index >= 15 is 0 Å². The molecule has 0 fully saturated rings. The number of hydrogen-bond acceptors (Lipinski definition) is 5. The van der Waals surface area contributed by atoms with E-state index in [0.717, 1.165) is 50.0 Å². The van der Waals surface area contributed by atoms with E-state index in [4.69, 9.17) is 4.52 Å². The summed E-state index contributed by atoms with van der Waals surface area (Å²) in [5.74, 6) is 1.34. The normalized spacial score (nSPS) is 16.8. The quantitative estimate of drug-likeness (QED) is 0.543. The zero-order valence-corrected chi connectivity index (χ0v) is 18.4. The van der Waals surface area contributed by atoms with Crippen molar-refractivity contribution in [1.29, 1.82) is 0 Å². The minimum Gasteiger partial charge on any atom is -0.383 e. The van der Waals surface area contributed by atoms with Gasteiger partial charge in [-0.2, -0.15) is 5.16 Å². The fourth-order valence-corrected chi connectivity index (χ4v) is 6.69. The molecule has 0 bridgehead atoms. The van der Waals surface area contributed by atoms with E-state index in [2.05, 4.69) is 53.8 Å². The first kappa shape index (κ1) is 19.7. The van der Waals surface area contributed by atoms with Gasteiger partial charge in [0, 0.05) is 28.1 Å². The largest absolute Gasteiger partial charge is 0.383 e. The molecule has 0 aromatic carbocycles. The molecule has 0 radical (unpaired) electrons. The number of aryl methyl sites for hydroxylation is 3. The van der Waals surface area contributed by atoms with E-state index in [9.17, 15) is 4.79 Å². The van der Waals surface area contributed by atoms with Gasteiger partial charge >= 0.3 is 0 Å². The van der Waals surface area contributed by atoms with Gasteiger partial charge < -0.3 is 4.52 Å². The van der Waals surface area contributed by atoms with E-state index in [0.29, 0.717) is 5.92 Å². The third-order valence-electron chi connectivity index (χ3n) is 6.00. The van der Waals surface area contributed by atoms with Crippen LogP contribution in [0.15, 0.2) is 32.2 Å². The molecular weight excluding hydrogens is 388 g/mol. The Morgan fingerprint density at radius 3 is 2.50 bits per heavy atom. The highest BCUT2D eigenvalue weighted by molar-refractivity contribution is 7.11. The zero-order chi connectivity index (χ0) is 19.7. The highest BCUT2D eigenvalue weighted by Crippen LogP contribution is 2.39. The molecule has 0 spiro atoms. The fraction of sp³-hybridized carbons (Fsp3) is 0.500.